The lowest BCUT2D eigenvalue weighted by atomic mass is 9.95. The summed E-state index contributed by atoms with van der Waals surface area (Å²) in [4.78, 5) is 53.4. The standard InChI is InChI=1S/C29H39N3O8/c1-18-7-8-19(2)22(15-18)25(26(36)30-17-24(35)39-6)32(13-14-33)27(37)23(31-28(38)40-29(3,4)5)16-20-9-11-21(34)12-10-20/h7-12,15,23,25,33-34H,13-14,16-17H2,1-6H3,(H,30,36)(H,31,38). The van der Waals surface area contributed by atoms with Crippen molar-refractivity contribution in [1.82, 2.24) is 15.5 Å². The molecule has 0 heterocycles. The molecule has 3 amide bonds. The Labute approximate surface area is 234 Å². The average Bonchev–Trinajstić information content (AvgIpc) is 2.88. The highest BCUT2D eigenvalue weighted by Gasteiger charge is 2.37. The van der Waals surface area contributed by atoms with Crippen molar-refractivity contribution >= 4 is 23.9 Å². The SMILES string of the molecule is COC(=O)CNC(=O)C(c1cc(C)ccc1C)N(CCO)C(=O)C(Cc1ccc(O)cc1)NC(=O)OC(C)(C)C. The van der Waals surface area contributed by atoms with Gasteiger partial charge in [0.25, 0.3) is 0 Å². The maximum Gasteiger partial charge on any atom is 0.408 e. The van der Waals surface area contributed by atoms with Crippen molar-refractivity contribution < 1.29 is 38.9 Å². The van der Waals surface area contributed by atoms with Crippen LogP contribution in [-0.4, -0.2) is 77.4 Å². The number of aryl methyl sites for hydroxylation is 2. The van der Waals surface area contributed by atoms with Crippen LogP contribution >= 0.6 is 0 Å². The molecule has 11 nitrogen and oxygen atoms in total. The van der Waals surface area contributed by atoms with Gasteiger partial charge in [-0.3, -0.25) is 14.4 Å². The normalized spacial score (nSPS) is 12.6. The Morgan fingerprint density at radius 1 is 1.02 bits per heavy atom. The van der Waals surface area contributed by atoms with Gasteiger partial charge in [0.2, 0.25) is 11.8 Å². The zero-order valence-corrected chi connectivity index (χ0v) is 23.8. The van der Waals surface area contributed by atoms with E-state index in [-0.39, 0.29) is 18.7 Å². The van der Waals surface area contributed by atoms with E-state index in [1.807, 2.05) is 13.0 Å². The second-order valence-corrected chi connectivity index (χ2v) is 10.4. The fraction of sp³-hybridized carbons (Fsp3) is 0.448. The molecule has 0 aliphatic rings. The second-order valence-electron chi connectivity index (χ2n) is 10.4. The molecule has 4 N–H and O–H groups in total. The van der Waals surface area contributed by atoms with Crippen LogP contribution in [0, 0.1) is 13.8 Å². The number of phenolic OH excluding ortho intramolecular Hbond substituents is 1. The minimum atomic E-state index is -1.24. The van der Waals surface area contributed by atoms with Gasteiger partial charge in [-0.25, -0.2) is 4.79 Å². The lowest BCUT2D eigenvalue weighted by Crippen LogP contribution is -2.54. The van der Waals surface area contributed by atoms with Crippen molar-refractivity contribution in [3.63, 3.8) is 0 Å². The van der Waals surface area contributed by atoms with Gasteiger partial charge in [-0.15, -0.1) is 0 Å². The van der Waals surface area contributed by atoms with E-state index in [1.54, 1.807) is 52.0 Å². The Kier molecular flexibility index (Phi) is 11.5. The van der Waals surface area contributed by atoms with Gasteiger partial charge in [-0.05, 0) is 63.4 Å². The summed E-state index contributed by atoms with van der Waals surface area (Å²) in [6.07, 6.45) is -0.837. The van der Waals surface area contributed by atoms with Gasteiger partial charge in [-0.1, -0.05) is 35.9 Å². The van der Waals surface area contributed by atoms with Gasteiger partial charge in [0.15, 0.2) is 0 Å². The number of esters is 1. The molecule has 0 saturated carbocycles. The first kappa shape index (κ1) is 32.1. The number of ether oxygens (including phenoxy) is 2. The first-order valence-electron chi connectivity index (χ1n) is 12.9. The number of aromatic hydroxyl groups is 1. The monoisotopic (exact) mass is 557 g/mol. The molecular formula is C29H39N3O8. The first-order valence-corrected chi connectivity index (χ1v) is 12.9. The van der Waals surface area contributed by atoms with E-state index in [0.29, 0.717) is 16.7 Å². The van der Waals surface area contributed by atoms with Crippen molar-refractivity contribution in [2.24, 2.45) is 0 Å². The van der Waals surface area contributed by atoms with Gasteiger partial charge in [0.1, 0.15) is 30.0 Å². The molecule has 0 aliphatic carbocycles. The molecule has 11 heteroatoms. The number of phenols is 1. The minimum absolute atomic E-state index is 0.00356. The second kappa shape index (κ2) is 14.3. The predicted octanol–water partition coefficient (Wildman–Crippen LogP) is 2.30. The lowest BCUT2D eigenvalue weighted by Gasteiger charge is -2.35. The maximum atomic E-state index is 14.1. The number of hydrogen-bond acceptors (Lipinski definition) is 8. The number of carbonyl (C=O) groups is 4. The molecule has 2 aromatic rings. The Hall–Kier alpha value is -4.12. The fourth-order valence-corrected chi connectivity index (χ4v) is 4.03. The molecule has 2 atom stereocenters. The highest BCUT2D eigenvalue weighted by Crippen LogP contribution is 2.27. The summed E-state index contributed by atoms with van der Waals surface area (Å²) in [6.45, 7) is 7.52. The molecule has 0 saturated heterocycles. The van der Waals surface area contributed by atoms with Crippen molar-refractivity contribution in [2.45, 2.75) is 58.7 Å². The van der Waals surface area contributed by atoms with Crippen LogP contribution in [0.15, 0.2) is 42.5 Å². The highest BCUT2D eigenvalue weighted by molar-refractivity contribution is 5.93. The maximum absolute atomic E-state index is 14.1. The molecular weight excluding hydrogens is 518 g/mol. The number of amides is 3. The number of nitrogens with one attached hydrogen (secondary N) is 2. The zero-order valence-electron chi connectivity index (χ0n) is 23.8. The van der Waals surface area contributed by atoms with Crippen LogP contribution in [-0.2, 0) is 30.3 Å². The van der Waals surface area contributed by atoms with Crippen LogP contribution in [0.3, 0.4) is 0 Å². The van der Waals surface area contributed by atoms with Gasteiger partial charge < -0.3 is 35.2 Å². The molecule has 0 aromatic heterocycles. The van der Waals surface area contributed by atoms with E-state index in [9.17, 15) is 29.4 Å². The van der Waals surface area contributed by atoms with E-state index in [0.717, 1.165) is 5.56 Å². The third-order valence-electron chi connectivity index (χ3n) is 5.91. The summed E-state index contributed by atoms with van der Waals surface area (Å²) in [6, 6.07) is 9.09. The summed E-state index contributed by atoms with van der Waals surface area (Å²) < 4.78 is 10.0. The third kappa shape index (κ3) is 9.57. The smallest absolute Gasteiger partial charge is 0.408 e. The van der Waals surface area contributed by atoms with Gasteiger partial charge in [0.05, 0.1) is 13.7 Å². The number of benzene rings is 2. The summed E-state index contributed by atoms with van der Waals surface area (Å²) in [5.74, 6) is -1.97. The average molecular weight is 558 g/mol. The third-order valence-corrected chi connectivity index (χ3v) is 5.91. The Morgan fingerprint density at radius 3 is 2.25 bits per heavy atom. The Morgan fingerprint density at radius 2 is 1.68 bits per heavy atom. The predicted molar refractivity (Wildman–Crippen MR) is 147 cm³/mol. The first-order chi connectivity index (χ1) is 18.7. The number of rotatable bonds is 11. The number of hydrogen-bond donors (Lipinski definition) is 4. The van der Waals surface area contributed by atoms with E-state index < -0.39 is 54.7 Å². The van der Waals surface area contributed by atoms with Gasteiger partial charge >= 0.3 is 12.1 Å². The van der Waals surface area contributed by atoms with Gasteiger partial charge in [0, 0.05) is 13.0 Å². The summed E-state index contributed by atoms with van der Waals surface area (Å²) in [5.41, 5.74) is 1.81. The Bertz CT molecular complexity index is 1190. The highest BCUT2D eigenvalue weighted by atomic mass is 16.6. The van der Waals surface area contributed by atoms with E-state index in [1.165, 1.54) is 24.1 Å². The van der Waals surface area contributed by atoms with E-state index in [2.05, 4.69) is 15.4 Å². The van der Waals surface area contributed by atoms with Crippen molar-refractivity contribution in [3.05, 3.63) is 64.7 Å². The number of alkyl carbamates (subject to hydrolysis) is 1. The molecule has 2 rings (SSSR count). The molecule has 2 aromatic carbocycles. The Balaban J connectivity index is 2.57. The van der Waals surface area contributed by atoms with Gasteiger partial charge in [-0.2, -0.15) is 0 Å². The molecule has 40 heavy (non-hydrogen) atoms. The molecule has 0 bridgehead atoms. The molecule has 0 radical (unpaired) electrons. The van der Waals surface area contributed by atoms with Crippen molar-refractivity contribution in [3.8, 4) is 5.75 Å². The number of methoxy groups -OCH3 is 1. The number of aliphatic hydroxyl groups excluding tert-OH is 1. The largest absolute Gasteiger partial charge is 0.508 e. The van der Waals surface area contributed by atoms with Crippen LogP contribution in [0.25, 0.3) is 0 Å². The van der Waals surface area contributed by atoms with E-state index >= 15 is 0 Å². The van der Waals surface area contributed by atoms with Crippen LogP contribution in [0.2, 0.25) is 0 Å². The van der Waals surface area contributed by atoms with Crippen LogP contribution in [0.4, 0.5) is 4.79 Å². The fourth-order valence-electron chi connectivity index (χ4n) is 4.03. The van der Waals surface area contributed by atoms with Crippen LogP contribution < -0.4 is 10.6 Å². The quantitative estimate of drug-likeness (QED) is 0.307. The van der Waals surface area contributed by atoms with E-state index in [4.69, 9.17) is 4.74 Å². The topological polar surface area (TPSA) is 154 Å². The number of aliphatic hydroxyl groups is 1. The summed E-state index contributed by atoms with van der Waals surface area (Å²) >= 11 is 0. The van der Waals surface area contributed by atoms with Crippen LogP contribution in [0.1, 0.15) is 49.1 Å². The van der Waals surface area contributed by atoms with Crippen molar-refractivity contribution in [2.75, 3.05) is 26.8 Å². The summed E-state index contributed by atoms with van der Waals surface area (Å²) in [7, 11) is 1.19. The van der Waals surface area contributed by atoms with Crippen LogP contribution in [0.5, 0.6) is 5.75 Å². The molecule has 0 fully saturated rings. The van der Waals surface area contributed by atoms with Crippen molar-refractivity contribution in [1.29, 1.82) is 0 Å². The summed E-state index contributed by atoms with van der Waals surface area (Å²) in [5, 5.41) is 24.7. The molecule has 0 spiro atoms. The molecule has 0 aliphatic heterocycles. The molecule has 2 unspecified atom stereocenters. The minimum Gasteiger partial charge on any atom is -0.508 e. The zero-order chi connectivity index (χ0) is 30.0. The molecule has 218 valence electrons. The lowest BCUT2D eigenvalue weighted by molar-refractivity contribution is -0.145. The number of nitrogens with zero attached hydrogens (tertiary/aromatic N) is 1. The number of carbonyl (C=O) groups excluding carboxylic acids is 4.